The van der Waals surface area contributed by atoms with Gasteiger partial charge in [0.25, 0.3) is 0 Å². The summed E-state index contributed by atoms with van der Waals surface area (Å²) in [5.41, 5.74) is -0.462. The summed E-state index contributed by atoms with van der Waals surface area (Å²) >= 11 is 0. The van der Waals surface area contributed by atoms with Crippen molar-refractivity contribution in [1.29, 1.82) is 0 Å². The minimum absolute atomic E-state index is 0.166. The van der Waals surface area contributed by atoms with Crippen molar-refractivity contribution in [2.75, 3.05) is 20.2 Å². The fourth-order valence-electron chi connectivity index (χ4n) is 2.42. The fourth-order valence-corrected chi connectivity index (χ4v) is 2.42. The van der Waals surface area contributed by atoms with Crippen LogP contribution in [0, 0.1) is 0 Å². The van der Waals surface area contributed by atoms with Crippen LogP contribution in [0.2, 0.25) is 0 Å². The minimum atomic E-state index is -4.53. The molecule has 0 bridgehead atoms. The first kappa shape index (κ1) is 15.1. The summed E-state index contributed by atoms with van der Waals surface area (Å²) in [5, 5.41) is 9.28. The molecule has 1 unspecified atom stereocenters. The van der Waals surface area contributed by atoms with Gasteiger partial charge in [-0.15, -0.1) is 0 Å². The largest absolute Gasteiger partial charge is 0.507 e. The first-order valence-electron chi connectivity index (χ1n) is 6.55. The quantitative estimate of drug-likeness (QED) is 0.925. The number of nitrogens with zero attached hydrogens (tertiary/aromatic N) is 1. The molecule has 20 heavy (non-hydrogen) atoms. The summed E-state index contributed by atoms with van der Waals surface area (Å²) in [6.45, 7) is 1.85. The van der Waals surface area contributed by atoms with E-state index in [4.69, 9.17) is 4.74 Å². The van der Waals surface area contributed by atoms with Crippen molar-refractivity contribution in [3.8, 4) is 5.75 Å². The number of phenols is 1. The van der Waals surface area contributed by atoms with Crippen LogP contribution in [0.4, 0.5) is 13.2 Å². The predicted octanol–water partition coefficient (Wildman–Crippen LogP) is 3.02. The molecule has 0 aromatic heterocycles. The molecule has 1 heterocycles. The first-order valence-corrected chi connectivity index (χ1v) is 6.55. The molecule has 0 radical (unpaired) electrons. The van der Waals surface area contributed by atoms with E-state index < -0.39 is 17.5 Å². The second-order valence-electron chi connectivity index (χ2n) is 5.18. The van der Waals surface area contributed by atoms with Crippen LogP contribution < -0.4 is 0 Å². The number of rotatable bonds is 4. The molecule has 6 heteroatoms. The average molecular weight is 289 g/mol. The van der Waals surface area contributed by atoms with Crippen molar-refractivity contribution in [1.82, 2.24) is 4.90 Å². The smallest absolute Gasteiger partial charge is 0.419 e. The Morgan fingerprint density at radius 3 is 2.75 bits per heavy atom. The number of benzene rings is 1. The van der Waals surface area contributed by atoms with E-state index in [0.717, 1.165) is 31.6 Å². The SMILES string of the molecule is CN(Cc1ccc(O)c(C(F)(F)F)c1)CC1CCCO1. The molecule has 1 aliphatic heterocycles. The average Bonchev–Trinajstić information content (AvgIpc) is 2.83. The van der Waals surface area contributed by atoms with E-state index in [1.807, 2.05) is 11.9 Å². The van der Waals surface area contributed by atoms with Crippen LogP contribution in [-0.2, 0) is 17.5 Å². The topological polar surface area (TPSA) is 32.7 Å². The maximum atomic E-state index is 12.7. The van der Waals surface area contributed by atoms with Crippen LogP contribution in [0.25, 0.3) is 0 Å². The van der Waals surface area contributed by atoms with E-state index in [9.17, 15) is 18.3 Å². The van der Waals surface area contributed by atoms with Crippen LogP contribution in [0.1, 0.15) is 24.0 Å². The highest BCUT2D eigenvalue weighted by molar-refractivity contribution is 5.38. The molecule has 1 aromatic carbocycles. The van der Waals surface area contributed by atoms with E-state index in [0.29, 0.717) is 18.7 Å². The molecule has 0 spiro atoms. The highest BCUT2D eigenvalue weighted by Crippen LogP contribution is 2.36. The van der Waals surface area contributed by atoms with Gasteiger partial charge in [0.15, 0.2) is 0 Å². The van der Waals surface area contributed by atoms with Gasteiger partial charge < -0.3 is 9.84 Å². The number of alkyl halides is 3. The number of aromatic hydroxyl groups is 1. The molecule has 1 saturated heterocycles. The Morgan fingerprint density at radius 2 is 2.15 bits per heavy atom. The van der Waals surface area contributed by atoms with Crippen molar-refractivity contribution in [3.05, 3.63) is 29.3 Å². The highest BCUT2D eigenvalue weighted by Gasteiger charge is 2.34. The summed E-state index contributed by atoms with van der Waals surface area (Å²) in [7, 11) is 1.85. The molecular formula is C14H18F3NO2. The summed E-state index contributed by atoms with van der Waals surface area (Å²) in [6, 6.07) is 3.61. The third kappa shape index (κ3) is 3.86. The van der Waals surface area contributed by atoms with Crippen molar-refractivity contribution in [2.24, 2.45) is 0 Å². The standard InChI is InChI=1S/C14H18F3NO2/c1-18(9-11-3-2-6-20-11)8-10-4-5-13(19)12(7-10)14(15,16)17/h4-5,7,11,19H,2-3,6,8-9H2,1H3. The monoisotopic (exact) mass is 289 g/mol. The third-order valence-corrected chi connectivity index (χ3v) is 3.36. The lowest BCUT2D eigenvalue weighted by Gasteiger charge is -2.21. The molecule has 0 amide bonds. The third-order valence-electron chi connectivity index (χ3n) is 3.36. The molecule has 1 atom stereocenters. The van der Waals surface area contributed by atoms with Crippen LogP contribution in [0.3, 0.4) is 0 Å². The van der Waals surface area contributed by atoms with Crippen molar-refractivity contribution in [3.63, 3.8) is 0 Å². The Kier molecular flexibility index (Phi) is 4.55. The van der Waals surface area contributed by atoms with Crippen LogP contribution in [0.5, 0.6) is 5.75 Å². The maximum Gasteiger partial charge on any atom is 0.419 e. The zero-order valence-electron chi connectivity index (χ0n) is 11.3. The molecule has 0 saturated carbocycles. The predicted molar refractivity (Wildman–Crippen MR) is 68.4 cm³/mol. The summed E-state index contributed by atoms with van der Waals surface area (Å²) in [6.07, 6.45) is -2.34. The Bertz CT molecular complexity index is 456. The van der Waals surface area contributed by atoms with Gasteiger partial charge in [-0.25, -0.2) is 0 Å². The maximum absolute atomic E-state index is 12.7. The highest BCUT2D eigenvalue weighted by atomic mass is 19.4. The van der Waals surface area contributed by atoms with Gasteiger partial charge in [0.2, 0.25) is 0 Å². The van der Waals surface area contributed by atoms with Gasteiger partial charge in [-0.1, -0.05) is 6.07 Å². The van der Waals surface area contributed by atoms with E-state index in [-0.39, 0.29) is 6.10 Å². The Labute approximate surface area is 116 Å². The molecular weight excluding hydrogens is 271 g/mol. The number of halogens is 3. The fraction of sp³-hybridized carbons (Fsp3) is 0.571. The van der Waals surface area contributed by atoms with E-state index >= 15 is 0 Å². The molecule has 2 rings (SSSR count). The molecule has 1 fully saturated rings. The van der Waals surface area contributed by atoms with E-state index in [1.165, 1.54) is 6.07 Å². The number of likely N-dealkylation sites (N-methyl/N-ethyl adjacent to an activating group) is 1. The lowest BCUT2D eigenvalue weighted by Crippen LogP contribution is -2.28. The number of ether oxygens (including phenoxy) is 1. The number of hydrogen-bond donors (Lipinski definition) is 1. The van der Waals surface area contributed by atoms with Crippen LogP contribution >= 0.6 is 0 Å². The van der Waals surface area contributed by atoms with Gasteiger partial charge in [0.05, 0.1) is 11.7 Å². The normalized spacial score (nSPS) is 19.8. The molecule has 3 nitrogen and oxygen atoms in total. The molecule has 1 aliphatic rings. The zero-order valence-corrected chi connectivity index (χ0v) is 11.3. The lowest BCUT2D eigenvalue weighted by atomic mass is 10.1. The van der Waals surface area contributed by atoms with Gasteiger partial charge >= 0.3 is 6.18 Å². The Hall–Kier alpha value is -1.27. The molecule has 0 aliphatic carbocycles. The van der Waals surface area contributed by atoms with Crippen molar-refractivity contribution < 1.29 is 23.0 Å². The van der Waals surface area contributed by atoms with Crippen LogP contribution in [0.15, 0.2) is 18.2 Å². The van der Waals surface area contributed by atoms with Crippen molar-refractivity contribution >= 4 is 0 Å². The molecule has 1 aromatic rings. The second kappa shape index (κ2) is 6.01. The number of hydrogen-bond acceptors (Lipinski definition) is 3. The Balaban J connectivity index is 2.01. The van der Waals surface area contributed by atoms with Crippen LogP contribution in [-0.4, -0.2) is 36.3 Å². The van der Waals surface area contributed by atoms with Gasteiger partial charge in [0.1, 0.15) is 5.75 Å². The summed E-state index contributed by atoms with van der Waals surface area (Å²) < 4.78 is 43.6. The minimum Gasteiger partial charge on any atom is -0.507 e. The molecule has 1 N–H and O–H groups in total. The second-order valence-corrected chi connectivity index (χ2v) is 5.18. The van der Waals surface area contributed by atoms with Gasteiger partial charge in [-0.2, -0.15) is 13.2 Å². The zero-order chi connectivity index (χ0) is 14.8. The molecule has 112 valence electrons. The number of phenolic OH excluding ortho intramolecular Hbond substituents is 1. The van der Waals surface area contributed by atoms with Crippen molar-refractivity contribution in [2.45, 2.75) is 31.7 Å². The summed E-state index contributed by atoms with van der Waals surface area (Å²) in [4.78, 5) is 1.93. The summed E-state index contributed by atoms with van der Waals surface area (Å²) in [5.74, 6) is -0.733. The van der Waals surface area contributed by atoms with E-state index in [2.05, 4.69) is 0 Å². The van der Waals surface area contributed by atoms with Gasteiger partial charge in [-0.3, -0.25) is 4.90 Å². The van der Waals surface area contributed by atoms with Gasteiger partial charge in [-0.05, 0) is 37.6 Å². The Morgan fingerprint density at radius 1 is 1.40 bits per heavy atom. The first-order chi connectivity index (χ1) is 9.36. The lowest BCUT2D eigenvalue weighted by molar-refractivity contribution is -0.138. The van der Waals surface area contributed by atoms with E-state index in [1.54, 1.807) is 0 Å². The van der Waals surface area contributed by atoms with Gasteiger partial charge in [0, 0.05) is 19.7 Å².